The van der Waals surface area contributed by atoms with Crippen molar-refractivity contribution >= 4 is 28.6 Å². The van der Waals surface area contributed by atoms with E-state index in [0.717, 1.165) is 36.2 Å². The molecule has 2 heterocycles. The molecule has 0 bridgehead atoms. The number of rotatable bonds is 9. The number of fused-ring (bicyclic) bond motifs is 1. The average molecular weight is 463 g/mol. The second-order valence-electron chi connectivity index (χ2n) is 9.58. The number of carboxylic acids is 1. The fraction of sp³-hybridized carbons (Fsp3) is 0.600. The minimum Gasteiger partial charge on any atom is -0.497 e. The fourth-order valence-electron chi connectivity index (χ4n) is 4.44. The van der Waals surface area contributed by atoms with Crippen LogP contribution in [0.25, 0.3) is 10.9 Å². The van der Waals surface area contributed by atoms with Crippen LogP contribution in [0.4, 0.5) is 4.39 Å². The molecule has 1 aliphatic heterocycles. The van der Waals surface area contributed by atoms with Gasteiger partial charge in [-0.15, -0.1) is 0 Å². The van der Waals surface area contributed by atoms with Crippen molar-refractivity contribution in [1.29, 1.82) is 0 Å². The van der Waals surface area contributed by atoms with Gasteiger partial charge in [0.15, 0.2) is 0 Å². The van der Waals surface area contributed by atoms with Crippen LogP contribution >= 0.6 is 11.8 Å². The number of ether oxygens (including phenoxy) is 1. The van der Waals surface area contributed by atoms with Gasteiger partial charge in [0, 0.05) is 35.2 Å². The molecule has 3 atom stereocenters. The van der Waals surface area contributed by atoms with Gasteiger partial charge in [-0.05, 0) is 61.6 Å². The summed E-state index contributed by atoms with van der Waals surface area (Å²) in [5, 5.41) is 10.6. The molecule has 5 nitrogen and oxygen atoms in total. The summed E-state index contributed by atoms with van der Waals surface area (Å²) in [6, 6.07) is 7.19. The Morgan fingerprint density at radius 2 is 2.16 bits per heavy atom. The number of pyridine rings is 1. The highest BCUT2D eigenvalue weighted by molar-refractivity contribution is 8.00. The molecular weight excluding hydrogens is 427 g/mol. The van der Waals surface area contributed by atoms with Crippen LogP contribution in [0.2, 0.25) is 0 Å². The van der Waals surface area contributed by atoms with Crippen LogP contribution in [-0.4, -0.2) is 58.2 Å². The number of carbonyl (C=O) groups is 1. The maximum atomic E-state index is 15.3. The Morgan fingerprint density at radius 3 is 2.84 bits per heavy atom. The Morgan fingerprint density at radius 1 is 1.38 bits per heavy atom. The van der Waals surface area contributed by atoms with Crippen LogP contribution in [0.1, 0.15) is 51.8 Å². The number of aromatic nitrogens is 1. The summed E-state index contributed by atoms with van der Waals surface area (Å²) in [5.41, 5.74) is 1.33. The number of hydrogen-bond donors (Lipinski definition) is 1. The first-order chi connectivity index (χ1) is 15.2. The van der Waals surface area contributed by atoms with E-state index in [2.05, 4.69) is 30.7 Å². The summed E-state index contributed by atoms with van der Waals surface area (Å²) in [5.74, 6) is 0.454. The highest BCUT2D eigenvalue weighted by Crippen LogP contribution is 2.35. The predicted molar refractivity (Wildman–Crippen MR) is 129 cm³/mol. The first-order valence-electron chi connectivity index (χ1n) is 11.3. The third-order valence-electron chi connectivity index (χ3n) is 6.21. The van der Waals surface area contributed by atoms with Gasteiger partial charge >= 0.3 is 5.97 Å². The summed E-state index contributed by atoms with van der Waals surface area (Å²) >= 11 is 1.90. The highest BCUT2D eigenvalue weighted by atomic mass is 32.2. The topological polar surface area (TPSA) is 62.7 Å². The van der Waals surface area contributed by atoms with Crippen LogP contribution in [0.3, 0.4) is 0 Å². The number of likely N-dealkylation sites (tertiary alicyclic amines) is 1. The van der Waals surface area contributed by atoms with Gasteiger partial charge in [0.2, 0.25) is 0 Å². The van der Waals surface area contributed by atoms with E-state index in [1.807, 2.05) is 30.0 Å². The standard InChI is InChI=1S/C25H35FN2O3S/c1-25(2,3)32-14-13-28-12-10-17(21(16-28)24(29)30)5-7-22(26)19-9-11-27-23-8-6-18(31-4)15-20(19)23/h6,8-9,11,15,17,21-22H,5,7,10,12-14,16H2,1-4H3,(H,29,30)/t17-,21+,22+/m1/s1. The molecule has 1 N–H and O–H groups in total. The number of halogens is 1. The van der Waals surface area contributed by atoms with Gasteiger partial charge < -0.3 is 14.7 Å². The molecule has 1 saturated heterocycles. The summed E-state index contributed by atoms with van der Waals surface area (Å²) in [4.78, 5) is 18.5. The molecule has 3 rings (SSSR count). The van der Waals surface area contributed by atoms with Crippen LogP contribution in [0, 0.1) is 11.8 Å². The van der Waals surface area contributed by atoms with E-state index in [1.54, 1.807) is 19.4 Å². The van der Waals surface area contributed by atoms with Crippen molar-refractivity contribution in [3.8, 4) is 5.75 Å². The molecule has 1 aromatic heterocycles. The van der Waals surface area contributed by atoms with Crippen LogP contribution < -0.4 is 4.74 Å². The maximum Gasteiger partial charge on any atom is 0.308 e. The SMILES string of the molecule is COc1ccc2nccc([C@@H](F)CC[C@@H]3CCN(CCSC(C)(C)C)C[C@@H]3C(=O)O)c2c1. The number of alkyl halides is 1. The molecule has 32 heavy (non-hydrogen) atoms. The average Bonchev–Trinajstić information content (AvgIpc) is 2.76. The van der Waals surface area contributed by atoms with E-state index in [0.29, 0.717) is 30.7 Å². The van der Waals surface area contributed by atoms with Crippen molar-refractivity contribution in [2.45, 2.75) is 51.0 Å². The normalized spacial score (nSPS) is 20.9. The van der Waals surface area contributed by atoms with Crippen molar-refractivity contribution in [3.63, 3.8) is 0 Å². The minimum absolute atomic E-state index is 0.0000864. The third-order valence-corrected chi connectivity index (χ3v) is 7.46. The first kappa shape index (κ1) is 24.8. The molecule has 176 valence electrons. The second-order valence-corrected chi connectivity index (χ2v) is 11.5. The molecule has 0 aliphatic carbocycles. The van der Waals surface area contributed by atoms with E-state index < -0.39 is 18.1 Å². The van der Waals surface area contributed by atoms with Gasteiger partial charge in [0.1, 0.15) is 11.9 Å². The largest absolute Gasteiger partial charge is 0.497 e. The zero-order valence-electron chi connectivity index (χ0n) is 19.5. The molecule has 0 radical (unpaired) electrons. The summed E-state index contributed by atoms with van der Waals surface area (Å²) < 4.78 is 20.8. The lowest BCUT2D eigenvalue weighted by Crippen LogP contribution is -2.44. The molecular formula is C25H35FN2O3S. The number of hydrogen-bond acceptors (Lipinski definition) is 5. The molecule has 7 heteroatoms. The fourth-order valence-corrected chi connectivity index (χ4v) is 5.40. The Labute approximate surface area is 194 Å². The highest BCUT2D eigenvalue weighted by Gasteiger charge is 2.34. The summed E-state index contributed by atoms with van der Waals surface area (Å²) in [6.07, 6.45) is 2.14. The van der Waals surface area contributed by atoms with Gasteiger partial charge in [0.05, 0.1) is 18.5 Å². The van der Waals surface area contributed by atoms with Crippen molar-refractivity contribution in [2.75, 3.05) is 32.5 Å². The van der Waals surface area contributed by atoms with Crippen molar-refractivity contribution < 1.29 is 19.0 Å². The number of methoxy groups -OCH3 is 1. The number of thioether (sulfide) groups is 1. The molecule has 0 spiro atoms. The summed E-state index contributed by atoms with van der Waals surface area (Å²) in [7, 11) is 1.59. The second kappa shape index (κ2) is 10.8. The first-order valence-corrected chi connectivity index (χ1v) is 12.3. The number of carboxylic acid groups (broad SMARTS) is 1. The number of benzene rings is 1. The molecule has 0 unspecified atom stereocenters. The lowest BCUT2D eigenvalue weighted by Gasteiger charge is -2.37. The van der Waals surface area contributed by atoms with Crippen molar-refractivity contribution in [3.05, 3.63) is 36.0 Å². The molecule has 1 aliphatic rings. The summed E-state index contributed by atoms with van der Waals surface area (Å²) in [6.45, 7) is 8.91. The van der Waals surface area contributed by atoms with Crippen LogP contribution in [0.15, 0.2) is 30.5 Å². The molecule has 0 saturated carbocycles. The number of aliphatic carboxylic acids is 1. The monoisotopic (exact) mass is 462 g/mol. The smallest absolute Gasteiger partial charge is 0.308 e. The van der Waals surface area contributed by atoms with Crippen LogP contribution in [0.5, 0.6) is 5.75 Å². The molecule has 1 aromatic carbocycles. The zero-order valence-corrected chi connectivity index (χ0v) is 20.3. The number of nitrogens with zero attached hydrogens (tertiary/aromatic N) is 2. The van der Waals surface area contributed by atoms with Crippen molar-refractivity contribution in [1.82, 2.24) is 9.88 Å². The van der Waals surface area contributed by atoms with E-state index in [-0.39, 0.29) is 10.7 Å². The Balaban J connectivity index is 1.61. The lowest BCUT2D eigenvalue weighted by atomic mass is 9.81. The van der Waals surface area contributed by atoms with Gasteiger partial charge in [-0.3, -0.25) is 9.78 Å². The maximum absolute atomic E-state index is 15.3. The molecule has 2 aromatic rings. The van der Waals surface area contributed by atoms with Gasteiger partial charge in [-0.2, -0.15) is 11.8 Å². The minimum atomic E-state index is -1.16. The van der Waals surface area contributed by atoms with Gasteiger partial charge in [-0.25, -0.2) is 4.39 Å². The van der Waals surface area contributed by atoms with Crippen LogP contribution in [-0.2, 0) is 4.79 Å². The third kappa shape index (κ3) is 6.58. The molecule has 1 fully saturated rings. The zero-order chi connectivity index (χ0) is 23.3. The van der Waals surface area contributed by atoms with E-state index in [1.165, 1.54) is 0 Å². The Hall–Kier alpha value is -1.86. The van der Waals surface area contributed by atoms with Gasteiger partial charge in [-0.1, -0.05) is 20.8 Å². The molecule has 0 amide bonds. The van der Waals surface area contributed by atoms with Gasteiger partial charge in [0.25, 0.3) is 0 Å². The quantitative estimate of drug-likeness (QED) is 0.524. The van der Waals surface area contributed by atoms with Crippen molar-refractivity contribution in [2.24, 2.45) is 11.8 Å². The van der Waals surface area contributed by atoms with E-state index in [9.17, 15) is 9.90 Å². The Bertz CT molecular complexity index is 918. The van der Waals surface area contributed by atoms with E-state index >= 15 is 4.39 Å². The Kier molecular flexibility index (Phi) is 8.39. The van der Waals surface area contributed by atoms with E-state index in [4.69, 9.17) is 4.74 Å². The predicted octanol–water partition coefficient (Wildman–Crippen LogP) is 5.59. The number of piperidine rings is 1. The lowest BCUT2D eigenvalue weighted by molar-refractivity contribution is -0.146.